The molecule has 1 saturated heterocycles. The lowest BCUT2D eigenvalue weighted by Gasteiger charge is -2.23. The molecule has 0 radical (unpaired) electrons. The number of hydrogen-bond donors (Lipinski definition) is 1. The SMILES string of the molecule is COc1cc(C(=O)N(C)CCO)cnc1-c1cc2ncc(F)c(-c3ccc(OC4CCOCC4)c(C#N)n3)c2o1. The van der Waals surface area contributed by atoms with E-state index in [0.717, 1.165) is 6.20 Å². The molecule has 12 heteroatoms. The monoisotopic (exact) mass is 547 g/mol. The zero-order chi connectivity index (χ0) is 28.2. The van der Waals surface area contributed by atoms with Gasteiger partial charge in [-0.1, -0.05) is 0 Å². The molecule has 0 bridgehead atoms. The average molecular weight is 548 g/mol. The number of aliphatic hydroxyl groups excluding tert-OH is 1. The number of carbonyl (C=O) groups excluding carboxylic acids is 1. The van der Waals surface area contributed by atoms with E-state index in [0.29, 0.717) is 37.3 Å². The van der Waals surface area contributed by atoms with Gasteiger partial charge in [-0.15, -0.1) is 0 Å². The van der Waals surface area contributed by atoms with Crippen molar-refractivity contribution in [1.82, 2.24) is 19.9 Å². The Kier molecular flexibility index (Phi) is 7.86. The van der Waals surface area contributed by atoms with Crippen molar-refractivity contribution in [3.8, 4) is 40.3 Å². The van der Waals surface area contributed by atoms with Crippen LogP contribution in [0.15, 0.2) is 41.1 Å². The highest BCUT2D eigenvalue weighted by molar-refractivity contribution is 5.95. The van der Waals surface area contributed by atoms with Gasteiger partial charge in [0.1, 0.15) is 29.1 Å². The van der Waals surface area contributed by atoms with E-state index in [-0.39, 0.29) is 70.5 Å². The van der Waals surface area contributed by atoms with Crippen LogP contribution in [0, 0.1) is 17.1 Å². The van der Waals surface area contributed by atoms with Crippen LogP contribution in [0.2, 0.25) is 0 Å². The predicted octanol–water partition coefficient (Wildman–Crippen LogP) is 3.59. The number of aromatic nitrogens is 3. The number of likely N-dealkylation sites (N-methyl/N-ethyl adjacent to an activating group) is 1. The summed E-state index contributed by atoms with van der Waals surface area (Å²) in [6, 6.07) is 8.29. The normalized spacial score (nSPS) is 13.7. The fourth-order valence-electron chi connectivity index (χ4n) is 4.42. The van der Waals surface area contributed by atoms with Crippen molar-refractivity contribution in [2.24, 2.45) is 0 Å². The van der Waals surface area contributed by atoms with Gasteiger partial charge in [0, 0.05) is 38.7 Å². The van der Waals surface area contributed by atoms with Crippen LogP contribution in [-0.2, 0) is 4.74 Å². The first-order chi connectivity index (χ1) is 19.4. The Labute approximate surface area is 228 Å². The maximum atomic E-state index is 15.2. The molecular weight excluding hydrogens is 521 g/mol. The summed E-state index contributed by atoms with van der Waals surface area (Å²) in [7, 11) is 2.99. The van der Waals surface area contributed by atoms with Crippen LogP contribution in [-0.4, -0.2) is 77.5 Å². The van der Waals surface area contributed by atoms with E-state index in [1.165, 1.54) is 24.3 Å². The molecule has 1 fully saturated rings. The van der Waals surface area contributed by atoms with Crippen LogP contribution in [0.5, 0.6) is 11.5 Å². The third-order valence-electron chi connectivity index (χ3n) is 6.51. The smallest absolute Gasteiger partial charge is 0.255 e. The van der Waals surface area contributed by atoms with Crippen molar-refractivity contribution in [2.45, 2.75) is 18.9 Å². The van der Waals surface area contributed by atoms with Crippen molar-refractivity contribution >= 4 is 17.0 Å². The summed E-state index contributed by atoms with van der Waals surface area (Å²) in [4.78, 5) is 26.9. The molecule has 4 aromatic heterocycles. The van der Waals surface area contributed by atoms with E-state index in [2.05, 4.69) is 15.0 Å². The summed E-state index contributed by atoms with van der Waals surface area (Å²) in [6.45, 7) is 1.15. The molecule has 1 N–H and O–H groups in total. The number of amides is 1. The standard InChI is InChI=1S/C28H26FN5O6/c1-34(7-8-35)28(36)16-11-23(37-2)26(32-14-16)24-12-20-27(40-24)25(18(29)15-31-20)19-3-4-22(21(13-30)33-19)39-17-5-9-38-10-6-17/h3-4,11-12,14-15,17,35H,5-10H2,1-2H3. The summed E-state index contributed by atoms with van der Waals surface area (Å²) >= 11 is 0. The molecule has 0 unspecified atom stereocenters. The molecular formula is C28H26FN5O6. The molecule has 1 aliphatic heterocycles. The minimum absolute atomic E-state index is 0.0230. The molecule has 4 aromatic rings. The number of halogens is 1. The Bertz CT molecular complexity index is 1590. The predicted molar refractivity (Wildman–Crippen MR) is 140 cm³/mol. The van der Waals surface area contributed by atoms with Crippen LogP contribution in [0.1, 0.15) is 28.9 Å². The number of nitriles is 1. The van der Waals surface area contributed by atoms with Gasteiger partial charge >= 0.3 is 0 Å². The molecule has 0 aliphatic carbocycles. The highest BCUT2D eigenvalue weighted by atomic mass is 19.1. The maximum absolute atomic E-state index is 15.2. The minimum atomic E-state index is -0.685. The molecule has 1 aliphatic rings. The molecule has 1 amide bonds. The highest BCUT2D eigenvalue weighted by Gasteiger charge is 2.24. The second kappa shape index (κ2) is 11.6. The Hall–Kier alpha value is -4.60. The molecule has 0 aromatic carbocycles. The first kappa shape index (κ1) is 27.0. The molecule has 0 atom stereocenters. The van der Waals surface area contributed by atoms with E-state index < -0.39 is 5.82 Å². The number of carbonyl (C=O) groups is 1. The molecule has 40 heavy (non-hydrogen) atoms. The number of methoxy groups -OCH3 is 1. The zero-order valence-electron chi connectivity index (χ0n) is 21.9. The van der Waals surface area contributed by atoms with Gasteiger partial charge in [-0.2, -0.15) is 5.26 Å². The van der Waals surface area contributed by atoms with E-state index in [4.69, 9.17) is 23.7 Å². The third-order valence-corrected chi connectivity index (χ3v) is 6.51. The number of hydrogen-bond acceptors (Lipinski definition) is 10. The third kappa shape index (κ3) is 5.29. The summed E-state index contributed by atoms with van der Waals surface area (Å²) in [5.41, 5.74) is 1.20. The van der Waals surface area contributed by atoms with Gasteiger partial charge in [0.15, 0.2) is 28.6 Å². The quantitative estimate of drug-likeness (QED) is 0.347. The van der Waals surface area contributed by atoms with Crippen molar-refractivity contribution in [2.75, 3.05) is 40.5 Å². The van der Waals surface area contributed by atoms with Gasteiger partial charge in [-0.3, -0.25) is 4.79 Å². The summed E-state index contributed by atoms with van der Waals surface area (Å²) in [5, 5.41) is 18.8. The summed E-state index contributed by atoms with van der Waals surface area (Å²) in [5.74, 6) is -0.226. The van der Waals surface area contributed by atoms with Crippen molar-refractivity contribution < 1.29 is 32.9 Å². The fraction of sp³-hybridized carbons (Fsp3) is 0.321. The average Bonchev–Trinajstić information content (AvgIpc) is 3.41. The first-order valence-corrected chi connectivity index (χ1v) is 12.6. The van der Waals surface area contributed by atoms with Gasteiger partial charge < -0.3 is 28.6 Å². The number of ether oxygens (including phenoxy) is 3. The number of pyridine rings is 3. The van der Waals surface area contributed by atoms with Gasteiger partial charge in [0.05, 0.1) is 49.9 Å². The van der Waals surface area contributed by atoms with E-state index >= 15 is 4.39 Å². The minimum Gasteiger partial charge on any atom is -0.494 e. The molecule has 5 rings (SSSR count). The molecule has 11 nitrogen and oxygen atoms in total. The fourth-order valence-corrected chi connectivity index (χ4v) is 4.42. The number of aliphatic hydroxyl groups is 1. The molecule has 0 saturated carbocycles. The van der Waals surface area contributed by atoms with Crippen LogP contribution in [0.4, 0.5) is 4.39 Å². The number of furan rings is 1. The van der Waals surface area contributed by atoms with Crippen LogP contribution < -0.4 is 9.47 Å². The topological polar surface area (TPSA) is 144 Å². The largest absolute Gasteiger partial charge is 0.494 e. The number of fused-ring (bicyclic) bond motifs is 1. The van der Waals surface area contributed by atoms with Crippen molar-refractivity contribution in [3.05, 3.63) is 53.7 Å². The molecule has 206 valence electrons. The highest BCUT2D eigenvalue weighted by Crippen LogP contribution is 2.38. The second-order valence-electron chi connectivity index (χ2n) is 9.12. The van der Waals surface area contributed by atoms with Gasteiger partial charge in [0.25, 0.3) is 5.91 Å². The Morgan fingerprint density at radius 3 is 2.75 bits per heavy atom. The van der Waals surface area contributed by atoms with E-state index in [1.807, 2.05) is 6.07 Å². The zero-order valence-corrected chi connectivity index (χ0v) is 21.9. The van der Waals surface area contributed by atoms with Crippen molar-refractivity contribution in [3.63, 3.8) is 0 Å². The van der Waals surface area contributed by atoms with E-state index in [1.54, 1.807) is 25.2 Å². The lowest BCUT2D eigenvalue weighted by Crippen LogP contribution is -2.29. The maximum Gasteiger partial charge on any atom is 0.255 e. The van der Waals surface area contributed by atoms with Crippen LogP contribution in [0.25, 0.3) is 33.8 Å². The van der Waals surface area contributed by atoms with Crippen LogP contribution in [0.3, 0.4) is 0 Å². The lowest BCUT2D eigenvalue weighted by atomic mass is 10.1. The molecule has 5 heterocycles. The number of nitrogens with zero attached hydrogens (tertiary/aromatic N) is 5. The van der Waals surface area contributed by atoms with Crippen molar-refractivity contribution in [1.29, 1.82) is 5.26 Å². The van der Waals surface area contributed by atoms with Gasteiger partial charge in [-0.25, -0.2) is 19.3 Å². The van der Waals surface area contributed by atoms with Crippen LogP contribution >= 0.6 is 0 Å². The Balaban J connectivity index is 1.52. The Morgan fingerprint density at radius 1 is 1.23 bits per heavy atom. The molecule has 0 spiro atoms. The van der Waals surface area contributed by atoms with Gasteiger partial charge in [0.2, 0.25) is 0 Å². The number of rotatable bonds is 8. The second-order valence-corrected chi connectivity index (χ2v) is 9.12. The summed E-state index contributed by atoms with van der Waals surface area (Å²) < 4.78 is 38.0. The summed E-state index contributed by atoms with van der Waals surface area (Å²) in [6.07, 6.45) is 3.74. The Morgan fingerprint density at radius 2 is 2.02 bits per heavy atom. The first-order valence-electron chi connectivity index (χ1n) is 12.6. The lowest BCUT2D eigenvalue weighted by molar-refractivity contribution is 0.0253. The van der Waals surface area contributed by atoms with E-state index in [9.17, 15) is 10.1 Å². The van der Waals surface area contributed by atoms with Gasteiger partial charge in [-0.05, 0) is 18.2 Å².